The Labute approximate surface area is 738 Å². The Balaban J connectivity index is 0.000000181. The van der Waals surface area contributed by atoms with E-state index in [0.29, 0.717) is 37.1 Å². The van der Waals surface area contributed by atoms with Crippen LogP contribution in [0.3, 0.4) is 0 Å². The first-order valence-corrected chi connectivity index (χ1v) is 43.5. The zero-order chi connectivity index (χ0) is 92.2. The van der Waals surface area contributed by atoms with Crippen molar-refractivity contribution in [3.05, 3.63) is 82.0 Å². The molecular weight excluding hydrogens is 1700 g/mol. The minimum Gasteiger partial charge on any atom is -0.460 e. The predicted molar refractivity (Wildman–Crippen MR) is 425 cm³/mol. The van der Waals surface area contributed by atoms with Crippen LogP contribution in [0.2, 0.25) is 0 Å². The fourth-order valence-electron chi connectivity index (χ4n) is 22.6. The molecule has 6 aliphatic carbocycles. The van der Waals surface area contributed by atoms with Crippen LogP contribution in [0.15, 0.2) is 70.8 Å². The Kier molecular flexibility index (Phi) is 25.7. The molecule has 0 bridgehead atoms. The summed E-state index contributed by atoms with van der Waals surface area (Å²) in [5, 5.41) is 69.1. The number of fused-ring (bicyclic) bond motifs is 14. The molecule has 129 heavy (non-hydrogen) atoms. The normalized spacial score (nSPS) is 38.3. The number of nitrogens with two attached hydrogens (primary N) is 1. The molecule has 17 aliphatic rings. The number of epoxide rings is 6. The predicted octanol–water partition coefficient (Wildman–Crippen LogP) is -0.285. The maximum atomic E-state index is 13.8. The molecule has 700 valence electrons. The van der Waals surface area contributed by atoms with Crippen molar-refractivity contribution in [2.75, 3.05) is 83.2 Å². The van der Waals surface area contributed by atoms with E-state index < -0.39 is 126 Å². The van der Waals surface area contributed by atoms with Gasteiger partial charge in [0.05, 0.1) is 61.2 Å². The number of rotatable bonds is 28. The van der Waals surface area contributed by atoms with Crippen molar-refractivity contribution < 1.29 is 169 Å². The Morgan fingerprint density at radius 2 is 0.984 bits per heavy atom. The third-order valence-corrected chi connectivity index (χ3v) is 29.2. The van der Waals surface area contributed by atoms with Crippen molar-refractivity contribution in [2.45, 2.75) is 246 Å². The highest BCUT2D eigenvalue weighted by Crippen LogP contribution is 2.82. The summed E-state index contributed by atoms with van der Waals surface area (Å²) in [6.07, 6.45) is -9.80. The smallest absolute Gasteiger partial charge is 0.411 e. The van der Waals surface area contributed by atoms with Crippen LogP contribution >= 0.6 is 0 Å². The molecule has 11 aliphatic heterocycles. The van der Waals surface area contributed by atoms with E-state index >= 15 is 0 Å². The van der Waals surface area contributed by atoms with Gasteiger partial charge in [0.1, 0.15) is 135 Å². The molecule has 11 heterocycles. The molecule has 2 aromatic rings. The number of carbonyl (C=O) groups excluding carboxylic acids is 13. The standard InChI is InChI=1S/C46H56N4O17.C39H51N3O14.2CO2/c1-5-49(20-63-38-33-37-36(65-37)32-24-18-60-41(58)23(24)10-13-44(32,4)46(33)40(67-46)39-45(38,66-39)21(2)3)43(59)62-17-22-6-7-27(64-42-35(57)34(56)26(51)19-61-42)25(16-22)48-29(53)11-14-47-28(52)12-15-50-30(54)8-9-31(50)55;1-5-42(36(48)51-13-18-6-7-23(21(12-18)41-24(44)9-11-40)53-35-28(46)27(45)22(43)15-50-35)16-52-31-26-30-29(54-30)25-20-14-49-34(47)19(20)8-10-37(25,4)39(26)33(56-39)32-38(31,55-32)17(2)3;2*2-1-3/h6-9,16,21,26,32-40,42,51,56-57H,5,10-15,17-20H2,1-4H3,(H,47,52)(H,48,53);6-7,12,17,22,25-33,35,43,45-46H,5,8-11,13-16,40H2,1-4H3,(H,41,44);;/t26-,32-,33?,34+,35?,36+,37-,38+,39+,40+,42+,44+,45-,46-;22-,25-,26?,27+,28?,29+,30-,31+,32+,33+,35+,37+,38-,39-;;/m11../s1. The topological polar surface area (TPSA) is 583 Å². The van der Waals surface area contributed by atoms with Crippen LogP contribution in [0.4, 0.5) is 21.0 Å². The number of hydrogen-bond donors (Lipinski definition) is 10. The van der Waals surface area contributed by atoms with Crippen molar-refractivity contribution in [1.29, 1.82) is 0 Å². The van der Waals surface area contributed by atoms with Crippen LogP contribution in [0, 0.1) is 46.3 Å². The minimum absolute atomic E-state index is 0.0150. The Hall–Kier alpha value is -9.63. The number of nitrogens with one attached hydrogen (secondary N) is 3. The number of ether oxygens (including phenoxy) is 16. The molecule has 0 aromatic heterocycles. The Bertz CT molecular complexity index is 4910. The van der Waals surface area contributed by atoms with Crippen LogP contribution in [0.1, 0.15) is 111 Å². The monoisotopic (exact) mass is 1810 g/mol. The number of carbonyl (C=O) groups is 9. The molecule has 11 N–H and O–H groups in total. The largest absolute Gasteiger partial charge is 0.460 e. The number of nitrogens with zero attached hydrogens (tertiary/aromatic N) is 3. The van der Waals surface area contributed by atoms with Gasteiger partial charge >= 0.3 is 36.4 Å². The first-order chi connectivity index (χ1) is 61.7. The minimum atomic E-state index is -1.64. The van der Waals surface area contributed by atoms with Crippen molar-refractivity contribution >= 4 is 77.3 Å². The zero-order valence-electron chi connectivity index (χ0n) is 72.1. The molecule has 28 atom stereocenters. The number of aliphatic hydroxyl groups is 6. The molecule has 4 unspecified atom stereocenters. The van der Waals surface area contributed by atoms with Gasteiger partial charge < -0.3 is 128 Å². The number of amides is 7. The summed E-state index contributed by atoms with van der Waals surface area (Å²) in [5.74, 6) is -2.95. The van der Waals surface area contributed by atoms with E-state index in [2.05, 4.69) is 57.5 Å². The molecule has 8 saturated heterocycles. The van der Waals surface area contributed by atoms with Gasteiger partial charge in [-0.2, -0.15) is 19.2 Å². The Morgan fingerprint density at radius 3 is 1.39 bits per heavy atom. The van der Waals surface area contributed by atoms with Crippen LogP contribution in [-0.4, -0.2) is 317 Å². The SMILES string of the molecule is CCN(CO[C@H]1C2[C@H]3O[C@H]3[C@H]3C4=C(CC[C@]3(C)[C@@]23O[C@H]3[C@@H]2O[C@]12C(C)C)C(=O)OC4)C(=O)OCc1ccc(O[C@@H]2OC[C@@H](O)[C@H](O)C2O)c(NC(=O)CCN)c1.CCN(CO[C@H]1C2[C@H]3O[C@H]3[C@H]3C4=C(CC[C@]3(C)[C@@]23O[C@H]3[C@@H]2O[C@]12C(C)C)C(=O)OC4)C(=O)OCc1ccc(O[C@@H]2OC[C@@H](O)[C@H](O)C2O)c(NC(=O)CCNC(=O)CCN2C(=O)C=CC2=O)c1.O=C=O.O=C=O. The number of anilines is 2. The van der Waals surface area contributed by atoms with Gasteiger partial charge in [-0.25, -0.2) is 19.2 Å². The molecule has 42 heteroatoms. The summed E-state index contributed by atoms with van der Waals surface area (Å²) < 4.78 is 98.6. The van der Waals surface area contributed by atoms with Gasteiger partial charge in [0.15, 0.2) is 0 Å². The third-order valence-electron chi connectivity index (χ3n) is 29.2. The van der Waals surface area contributed by atoms with E-state index in [0.717, 1.165) is 52.2 Å². The van der Waals surface area contributed by atoms with E-state index in [9.17, 15) is 73.8 Å². The second-order valence-electron chi connectivity index (χ2n) is 36.4. The van der Waals surface area contributed by atoms with E-state index in [1.807, 2.05) is 6.92 Å². The maximum absolute atomic E-state index is 13.8. The van der Waals surface area contributed by atoms with Gasteiger partial charge in [-0.15, -0.1) is 0 Å². The molecular formula is C87H107N7O35. The number of aliphatic hydroxyl groups excluding tert-OH is 6. The second kappa shape index (κ2) is 35.8. The van der Waals surface area contributed by atoms with Gasteiger partial charge in [0, 0.05) is 110 Å². The van der Waals surface area contributed by atoms with Crippen LogP contribution < -0.4 is 31.2 Å². The van der Waals surface area contributed by atoms with E-state index in [1.165, 1.54) is 28.0 Å². The molecule has 0 radical (unpaired) electrons. The second-order valence-corrected chi connectivity index (χ2v) is 36.4. The number of cyclic esters (lactones) is 2. The van der Waals surface area contributed by atoms with Crippen LogP contribution in [0.25, 0.3) is 0 Å². The van der Waals surface area contributed by atoms with E-state index in [-0.39, 0.29) is 234 Å². The lowest BCUT2D eigenvalue weighted by molar-refractivity contribution is -0.241. The van der Waals surface area contributed by atoms with Gasteiger partial charge in [-0.1, -0.05) is 53.7 Å². The molecule has 2 aromatic carbocycles. The third kappa shape index (κ3) is 15.9. The molecule has 19 rings (SSSR count). The van der Waals surface area contributed by atoms with Crippen LogP contribution in [-0.2, 0) is 132 Å². The first kappa shape index (κ1) is 92.6. The highest BCUT2D eigenvalue weighted by molar-refractivity contribution is 6.13. The highest BCUT2D eigenvalue weighted by atomic mass is 16.7. The maximum Gasteiger partial charge on any atom is 0.411 e. The lowest BCUT2D eigenvalue weighted by atomic mass is 9.47. The fraction of sp³-hybridized carbons (Fsp3) is 0.667. The number of esters is 2. The van der Waals surface area contributed by atoms with Crippen molar-refractivity contribution in [2.24, 2.45) is 52.1 Å². The average molecular weight is 1810 g/mol. The van der Waals surface area contributed by atoms with Gasteiger partial charge in [0.25, 0.3) is 11.8 Å². The molecule has 4 saturated carbocycles. The van der Waals surface area contributed by atoms with Crippen molar-refractivity contribution in [3.63, 3.8) is 0 Å². The lowest BCUT2D eigenvalue weighted by Gasteiger charge is -2.54. The highest BCUT2D eigenvalue weighted by Gasteiger charge is 2.95. The Morgan fingerprint density at radius 1 is 0.566 bits per heavy atom. The quantitative estimate of drug-likeness (QED) is 0.0172. The summed E-state index contributed by atoms with van der Waals surface area (Å²) in [4.78, 5) is 151. The number of benzene rings is 2. The zero-order valence-corrected chi connectivity index (χ0v) is 72.1. The summed E-state index contributed by atoms with van der Waals surface area (Å²) in [6, 6.07) is 9.23. The average Bonchev–Trinajstić information content (AvgIpc) is 1.44. The summed E-state index contributed by atoms with van der Waals surface area (Å²) in [7, 11) is 0. The summed E-state index contributed by atoms with van der Waals surface area (Å²) in [6.45, 7) is 16.4. The summed E-state index contributed by atoms with van der Waals surface area (Å²) >= 11 is 0. The number of imide groups is 1. The summed E-state index contributed by atoms with van der Waals surface area (Å²) in [5.41, 5.74) is 7.38. The van der Waals surface area contributed by atoms with Crippen LogP contribution in [0.5, 0.6) is 11.5 Å². The van der Waals surface area contributed by atoms with Gasteiger partial charge in [0.2, 0.25) is 30.3 Å². The van der Waals surface area contributed by atoms with Crippen molar-refractivity contribution in [3.8, 4) is 11.5 Å². The van der Waals surface area contributed by atoms with Gasteiger partial charge in [-0.05, 0) is 97.9 Å². The fourth-order valence-corrected chi connectivity index (χ4v) is 22.6. The molecule has 42 nitrogen and oxygen atoms in total. The first-order valence-electron chi connectivity index (χ1n) is 43.5. The lowest BCUT2D eigenvalue weighted by Crippen LogP contribution is -2.66. The molecule has 2 spiro atoms. The van der Waals surface area contributed by atoms with Gasteiger partial charge in [-0.3, -0.25) is 38.7 Å². The van der Waals surface area contributed by atoms with Crippen molar-refractivity contribution in [1.82, 2.24) is 20.0 Å². The van der Waals surface area contributed by atoms with E-state index in [4.69, 9.17) is 101 Å². The molecule has 7 amide bonds. The molecule has 12 fully saturated rings. The number of hydrogen-bond acceptors (Lipinski definition) is 36. The van der Waals surface area contributed by atoms with E-state index in [1.54, 1.807) is 25.1 Å².